The van der Waals surface area contributed by atoms with Gasteiger partial charge >= 0.3 is 0 Å². The van der Waals surface area contributed by atoms with Crippen molar-refractivity contribution in [2.45, 2.75) is 18.8 Å². The molecule has 0 aliphatic heterocycles. The van der Waals surface area contributed by atoms with Gasteiger partial charge in [0.15, 0.2) is 0 Å². The van der Waals surface area contributed by atoms with Crippen molar-refractivity contribution in [1.29, 1.82) is 0 Å². The van der Waals surface area contributed by atoms with E-state index in [9.17, 15) is 0 Å². The molecule has 2 aromatic carbocycles. The van der Waals surface area contributed by atoms with Gasteiger partial charge in [-0.1, -0.05) is 41.9 Å². The van der Waals surface area contributed by atoms with Crippen molar-refractivity contribution in [3.8, 4) is 16.9 Å². The van der Waals surface area contributed by atoms with Crippen molar-refractivity contribution in [1.82, 2.24) is 19.7 Å². The highest BCUT2D eigenvalue weighted by molar-refractivity contribution is 6.30. The lowest BCUT2D eigenvalue weighted by Crippen LogP contribution is -1.97. The van der Waals surface area contributed by atoms with Crippen LogP contribution in [0.15, 0.2) is 60.8 Å². The minimum Gasteiger partial charge on any atom is -0.239 e. The third kappa shape index (κ3) is 2.59. The fourth-order valence-corrected chi connectivity index (χ4v) is 3.15. The number of halogens is 1. The number of para-hydroxylation sites is 1. The molecule has 0 bridgehead atoms. The van der Waals surface area contributed by atoms with E-state index in [4.69, 9.17) is 21.7 Å². The molecule has 5 rings (SSSR count). The summed E-state index contributed by atoms with van der Waals surface area (Å²) < 4.78 is 1.91. The summed E-state index contributed by atoms with van der Waals surface area (Å²) in [5.41, 5.74) is 4.67. The van der Waals surface area contributed by atoms with E-state index in [1.807, 2.05) is 65.5 Å². The highest BCUT2D eigenvalue weighted by Crippen LogP contribution is 2.39. The van der Waals surface area contributed by atoms with Crippen molar-refractivity contribution < 1.29 is 0 Å². The fraction of sp³-hybridized carbons (Fsp3) is 0.150. The second-order valence-electron chi connectivity index (χ2n) is 6.34. The maximum absolute atomic E-state index is 6.04. The maximum Gasteiger partial charge on any atom is 0.132 e. The minimum atomic E-state index is 0.502. The molecule has 4 aromatic rings. The molecule has 0 spiro atoms. The quantitative estimate of drug-likeness (QED) is 0.523. The van der Waals surface area contributed by atoms with Gasteiger partial charge in [0.05, 0.1) is 11.9 Å². The molecule has 5 heteroatoms. The topological polar surface area (TPSA) is 43.6 Å². The molecule has 4 nitrogen and oxygen atoms in total. The van der Waals surface area contributed by atoms with Gasteiger partial charge in [-0.3, -0.25) is 0 Å². The lowest BCUT2D eigenvalue weighted by Gasteiger charge is -2.02. The average Bonchev–Trinajstić information content (AvgIpc) is 3.44. The molecule has 2 aromatic heterocycles. The molecule has 2 heterocycles. The number of hydrogen-bond donors (Lipinski definition) is 0. The Kier molecular flexibility index (Phi) is 3.31. The lowest BCUT2D eigenvalue weighted by molar-refractivity contribution is 0.905. The molecule has 0 unspecified atom stereocenters. The summed E-state index contributed by atoms with van der Waals surface area (Å²) in [6, 6.07) is 17.8. The Hall–Kier alpha value is -2.72. The summed E-state index contributed by atoms with van der Waals surface area (Å²) in [6.45, 7) is 0. The second-order valence-corrected chi connectivity index (χ2v) is 6.78. The zero-order valence-electron chi connectivity index (χ0n) is 13.4. The Morgan fingerprint density at radius 3 is 2.44 bits per heavy atom. The Balaban J connectivity index is 1.77. The number of nitrogens with zero attached hydrogens (tertiary/aromatic N) is 4. The number of rotatable bonds is 3. The maximum atomic E-state index is 6.04. The Morgan fingerprint density at radius 1 is 0.960 bits per heavy atom. The van der Waals surface area contributed by atoms with Crippen LogP contribution >= 0.6 is 11.6 Å². The number of fused-ring (bicyclic) bond motifs is 1. The second kappa shape index (κ2) is 5.67. The van der Waals surface area contributed by atoms with Crippen LogP contribution < -0.4 is 0 Å². The van der Waals surface area contributed by atoms with Gasteiger partial charge in [0, 0.05) is 16.5 Å². The van der Waals surface area contributed by atoms with Crippen LogP contribution in [0.4, 0.5) is 0 Å². The molecule has 1 fully saturated rings. The van der Waals surface area contributed by atoms with Crippen LogP contribution in [-0.4, -0.2) is 19.7 Å². The third-order valence-electron chi connectivity index (χ3n) is 4.50. The van der Waals surface area contributed by atoms with Gasteiger partial charge in [-0.2, -0.15) is 5.10 Å². The molecular weight excluding hydrogens is 332 g/mol. The number of aromatic nitrogens is 4. The average molecular weight is 347 g/mol. The molecule has 1 aliphatic rings. The molecule has 25 heavy (non-hydrogen) atoms. The SMILES string of the molecule is Clc1ccc(-c2nn(-c3ccccc3)c3cnc(C4CC4)nc23)cc1. The number of benzene rings is 2. The summed E-state index contributed by atoms with van der Waals surface area (Å²) in [7, 11) is 0. The highest BCUT2D eigenvalue weighted by atomic mass is 35.5. The summed E-state index contributed by atoms with van der Waals surface area (Å²) in [4.78, 5) is 9.44. The van der Waals surface area contributed by atoms with E-state index in [-0.39, 0.29) is 0 Å². The van der Waals surface area contributed by atoms with E-state index >= 15 is 0 Å². The summed E-state index contributed by atoms with van der Waals surface area (Å²) in [5, 5.41) is 5.56. The van der Waals surface area contributed by atoms with Crippen LogP contribution in [0.5, 0.6) is 0 Å². The van der Waals surface area contributed by atoms with Gasteiger partial charge in [-0.05, 0) is 37.1 Å². The van der Waals surface area contributed by atoms with Crippen molar-refractivity contribution in [3.05, 3.63) is 71.6 Å². The van der Waals surface area contributed by atoms with E-state index in [1.165, 1.54) is 12.8 Å². The van der Waals surface area contributed by atoms with Crippen LogP contribution in [0.2, 0.25) is 5.02 Å². The van der Waals surface area contributed by atoms with Gasteiger partial charge < -0.3 is 0 Å². The predicted octanol–water partition coefficient (Wildman–Crippen LogP) is 5.01. The first-order valence-corrected chi connectivity index (χ1v) is 8.74. The molecule has 1 saturated carbocycles. The first kappa shape index (κ1) is 14.6. The molecule has 0 saturated heterocycles. The Morgan fingerprint density at radius 2 is 1.72 bits per heavy atom. The zero-order valence-corrected chi connectivity index (χ0v) is 14.2. The molecule has 0 radical (unpaired) electrons. The first-order chi connectivity index (χ1) is 12.3. The van der Waals surface area contributed by atoms with Crippen LogP contribution in [0, 0.1) is 0 Å². The Labute approximate surface area is 150 Å². The largest absolute Gasteiger partial charge is 0.239 e. The van der Waals surface area contributed by atoms with E-state index in [1.54, 1.807) is 0 Å². The molecule has 0 amide bonds. The van der Waals surface area contributed by atoms with Crippen LogP contribution in [0.3, 0.4) is 0 Å². The molecular formula is C20H15ClN4. The zero-order chi connectivity index (χ0) is 16.8. The van der Waals surface area contributed by atoms with Gasteiger partial charge in [0.25, 0.3) is 0 Å². The van der Waals surface area contributed by atoms with Gasteiger partial charge in [0.2, 0.25) is 0 Å². The van der Waals surface area contributed by atoms with Crippen molar-refractivity contribution >= 4 is 22.6 Å². The predicted molar refractivity (Wildman–Crippen MR) is 99.1 cm³/mol. The van der Waals surface area contributed by atoms with E-state index in [0.29, 0.717) is 10.9 Å². The summed E-state index contributed by atoms with van der Waals surface area (Å²) in [6.07, 6.45) is 4.25. The standard InChI is InChI=1S/C20H15ClN4/c21-15-10-8-13(9-11-15)18-19-17(12-22-20(23-19)14-6-7-14)25(24-18)16-4-2-1-3-5-16/h1-5,8-12,14H,6-7H2. The van der Waals surface area contributed by atoms with Gasteiger partial charge in [0.1, 0.15) is 22.6 Å². The molecule has 1 aliphatic carbocycles. The van der Waals surface area contributed by atoms with E-state index in [0.717, 1.165) is 33.8 Å². The number of hydrogen-bond acceptors (Lipinski definition) is 3. The summed E-state index contributed by atoms with van der Waals surface area (Å²) in [5.74, 6) is 1.43. The van der Waals surface area contributed by atoms with Gasteiger partial charge in [-0.15, -0.1) is 0 Å². The van der Waals surface area contributed by atoms with Crippen LogP contribution in [0.25, 0.3) is 28.0 Å². The lowest BCUT2D eigenvalue weighted by atomic mass is 10.1. The van der Waals surface area contributed by atoms with Crippen molar-refractivity contribution in [2.24, 2.45) is 0 Å². The molecule has 0 atom stereocenters. The van der Waals surface area contributed by atoms with E-state index in [2.05, 4.69) is 4.98 Å². The van der Waals surface area contributed by atoms with E-state index < -0.39 is 0 Å². The monoisotopic (exact) mass is 346 g/mol. The van der Waals surface area contributed by atoms with Crippen molar-refractivity contribution in [3.63, 3.8) is 0 Å². The summed E-state index contributed by atoms with van der Waals surface area (Å²) >= 11 is 6.04. The smallest absolute Gasteiger partial charge is 0.132 e. The minimum absolute atomic E-state index is 0.502. The fourth-order valence-electron chi connectivity index (χ4n) is 3.03. The van der Waals surface area contributed by atoms with Gasteiger partial charge in [-0.25, -0.2) is 14.6 Å². The molecule has 122 valence electrons. The Bertz CT molecular complexity index is 1050. The molecule has 0 N–H and O–H groups in total. The van der Waals surface area contributed by atoms with Crippen molar-refractivity contribution in [2.75, 3.05) is 0 Å². The highest BCUT2D eigenvalue weighted by Gasteiger charge is 2.28. The first-order valence-electron chi connectivity index (χ1n) is 8.36. The normalized spacial score (nSPS) is 14.1. The van der Waals surface area contributed by atoms with Crippen LogP contribution in [-0.2, 0) is 0 Å². The van der Waals surface area contributed by atoms with Crippen LogP contribution in [0.1, 0.15) is 24.6 Å². The third-order valence-corrected chi connectivity index (χ3v) is 4.75.